The van der Waals surface area contributed by atoms with Gasteiger partial charge in [-0.1, -0.05) is 74.5 Å². The molecule has 0 unspecified atom stereocenters. The molecule has 0 N–H and O–H groups in total. The third-order valence-corrected chi connectivity index (χ3v) is 4.52. The quantitative estimate of drug-likeness (QED) is 0.678. The van der Waals surface area contributed by atoms with Gasteiger partial charge in [-0.25, -0.2) is 0 Å². The fourth-order valence-electron chi connectivity index (χ4n) is 3.29. The van der Waals surface area contributed by atoms with E-state index in [1.807, 2.05) is 0 Å². The molecular formula is C19H20. The molecule has 0 fully saturated rings. The van der Waals surface area contributed by atoms with Crippen molar-refractivity contribution in [1.82, 2.24) is 0 Å². The van der Waals surface area contributed by atoms with Gasteiger partial charge in [-0.2, -0.15) is 0 Å². The zero-order valence-electron chi connectivity index (χ0n) is 11.7. The van der Waals surface area contributed by atoms with Crippen molar-refractivity contribution in [3.8, 4) is 11.1 Å². The second kappa shape index (κ2) is 4.70. The van der Waals surface area contributed by atoms with Gasteiger partial charge in [-0.3, -0.25) is 0 Å². The van der Waals surface area contributed by atoms with Crippen LogP contribution in [0.2, 0.25) is 0 Å². The van der Waals surface area contributed by atoms with Gasteiger partial charge in [0.1, 0.15) is 0 Å². The van der Waals surface area contributed by atoms with Crippen LogP contribution in [0.5, 0.6) is 0 Å². The lowest BCUT2D eigenvalue weighted by Crippen LogP contribution is -2.20. The molecule has 96 valence electrons. The first-order valence-corrected chi connectivity index (χ1v) is 7.19. The molecule has 0 nitrogen and oxygen atoms in total. The topological polar surface area (TPSA) is 0 Å². The van der Waals surface area contributed by atoms with Crippen LogP contribution in [0.25, 0.3) is 17.2 Å². The first-order chi connectivity index (χ1) is 9.30. The Bertz CT molecular complexity index is 601. The fraction of sp³-hybridized carbons (Fsp3) is 0.263. The predicted molar refractivity (Wildman–Crippen MR) is 83.2 cm³/mol. The number of rotatable bonds is 3. The van der Waals surface area contributed by atoms with E-state index in [9.17, 15) is 0 Å². The summed E-state index contributed by atoms with van der Waals surface area (Å²) in [5, 5.41) is 0. The van der Waals surface area contributed by atoms with E-state index in [0.29, 0.717) is 0 Å². The smallest absolute Gasteiger partial charge is 0.0142 e. The Hall–Kier alpha value is -1.82. The van der Waals surface area contributed by atoms with E-state index in [0.717, 1.165) is 12.8 Å². The summed E-state index contributed by atoms with van der Waals surface area (Å²) in [6.45, 7) is 4.59. The summed E-state index contributed by atoms with van der Waals surface area (Å²) < 4.78 is 0. The zero-order chi connectivity index (χ0) is 13.3. The highest BCUT2D eigenvalue weighted by molar-refractivity contribution is 5.78. The largest absolute Gasteiger partial charge is 0.0733 e. The van der Waals surface area contributed by atoms with Crippen LogP contribution in [0.3, 0.4) is 0 Å². The molecular weight excluding hydrogens is 228 g/mol. The molecule has 0 bridgehead atoms. The van der Waals surface area contributed by atoms with Crippen molar-refractivity contribution < 1.29 is 0 Å². The Balaban J connectivity index is 2.24. The third kappa shape index (κ3) is 1.83. The molecule has 3 rings (SSSR count). The normalized spacial score (nSPS) is 15.5. The lowest BCUT2D eigenvalue weighted by atomic mass is 9.75. The zero-order valence-corrected chi connectivity index (χ0v) is 11.7. The van der Waals surface area contributed by atoms with E-state index in [4.69, 9.17) is 0 Å². The standard InChI is InChI=1S/C19H20/c1-3-19(4-2)14-13-16-11-8-12-17(18(16)19)15-9-6-5-7-10-15/h5-14H,3-4H2,1-2H3. The number of hydrogen-bond donors (Lipinski definition) is 0. The van der Waals surface area contributed by atoms with Gasteiger partial charge in [-0.15, -0.1) is 0 Å². The minimum Gasteiger partial charge on any atom is -0.0733 e. The number of benzene rings is 2. The van der Waals surface area contributed by atoms with Crippen molar-refractivity contribution in [2.24, 2.45) is 0 Å². The Morgan fingerprint density at radius 3 is 2.26 bits per heavy atom. The second-order valence-corrected chi connectivity index (χ2v) is 5.33. The second-order valence-electron chi connectivity index (χ2n) is 5.33. The summed E-state index contributed by atoms with van der Waals surface area (Å²) in [5.41, 5.74) is 5.86. The highest BCUT2D eigenvalue weighted by atomic mass is 14.4. The Labute approximate surface area is 115 Å². The number of fused-ring (bicyclic) bond motifs is 1. The van der Waals surface area contributed by atoms with E-state index in [1.165, 1.54) is 22.3 Å². The van der Waals surface area contributed by atoms with Gasteiger partial charge in [0.25, 0.3) is 0 Å². The summed E-state index contributed by atoms with van der Waals surface area (Å²) in [5.74, 6) is 0. The van der Waals surface area contributed by atoms with E-state index in [1.54, 1.807) is 0 Å². The third-order valence-electron chi connectivity index (χ3n) is 4.52. The molecule has 0 saturated heterocycles. The maximum Gasteiger partial charge on any atom is 0.0142 e. The lowest BCUT2D eigenvalue weighted by molar-refractivity contribution is 0.507. The summed E-state index contributed by atoms with van der Waals surface area (Å²) in [4.78, 5) is 0. The van der Waals surface area contributed by atoms with Gasteiger partial charge in [0.15, 0.2) is 0 Å². The van der Waals surface area contributed by atoms with Gasteiger partial charge in [0.05, 0.1) is 0 Å². The summed E-state index contributed by atoms with van der Waals surface area (Å²) >= 11 is 0. The van der Waals surface area contributed by atoms with Crippen LogP contribution < -0.4 is 0 Å². The monoisotopic (exact) mass is 248 g/mol. The van der Waals surface area contributed by atoms with E-state index >= 15 is 0 Å². The Kier molecular flexibility index (Phi) is 3.02. The van der Waals surface area contributed by atoms with E-state index < -0.39 is 0 Å². The lowest BCUT2D eigenvalue weighted by Gasteiger charge is -2.29. The molecule has 2 aromatic rings. The molecule has 0 heteroatoms. The molecule has 0 aromatic heterocycles. The van der Waals surface area contributed by atoms with Crippen molar-refractivity contribution in [1.29, 1.82) is 0 Å². The van der Waals surface area contributed by atoms with Crippen LogP contribution in [-0.4, -0.2) is 0 Å². The highest BCUT2D eigenvalue weighted by Gasteiger charge is 2.33. The van der Waals surface area contributed by atoms with E-state index in [2.05, 4.69) is 74.5 Å². The molecule has 0 saturated carbocycles. The average Bonchev–Trinajstić information content (AvgIpc) is 2.87. The van der Waals surface area contributed by atoms with Crippen molar-refractivity contribution in [2.45, 2.75) is 32.1 Å². The minimum atomic E-state index is 0.224. The van der Waals surface area contributed by atoms with Crippen LogP contribution in [0.1, 0.15) is 37.8 Å². The van der Waals surface area contributed by atoms with Crippen LogP contribution >= 0.6 is 0 Å². The Morgan fingerprint density at radius 2 is 1.58 bits per heavy atom. The fourth-order valence-corrected chi connectivity index (χ4v) is 3.29. The number of allylic oxidation sites excluding steroid dienone is 1. The van der Waals surface area contributed by atoms with E-state index in [-0.39, 0.29) is 5.41 Å². The molecule has 1 aliphatic carbocycles. The molecule has 0 amide bonds. The first-order valence-electron chi connectivity index (χ1n) is 7.19. The molecule has 0 radical (unpaired) electrons. The minimum absolute atomic E-state index is 0.224. The maximum absolute atomic E-state index is 2.41. The first kappa shape index (κ1) is 12.2. The van der Waals surface area contributed by atoms with Crippen molar-refractivity contribution in [2.75, 3.05) is 0 Å². The predicted octanol–water partition coefficient (Wildman–Crippen LogP) is 5.44. The maximum atomic E-state index is 2.41. The summed E-state index contributed by atoms with van der Waals surface area (Å²) in [6.07, 6.45) is 7.03. The SMILES string of the molecule is CCC1(CC)C=Cc2cccc(-c3ccccc3)c21. The summed E-state index contributed by atoms with van der Waals surface area (Å²) in [7, 11) is 0. The summed E-state index contributed by atoms with van der Waals surface area (Å²) in [6, 6.07) is 17.4. The van der Waals surface area contributed by atoms with Gasteiger partial charge in [0.2, 0.25) is 0 Å². The van der Waals surface area contributed by atoms with Crippen LogP contribution in [-0.2, 0) is 5.41 Å². The average molecular weight is 248 g/mol. The van der Waals surface area contributed by atoms with Crippen molar-refractivity contribution in [3.63, 3.8) is 0 Å². The molecule has 0 aliphatic heterocycles. The van der Waals surface area contributed by atoms with Crippen LogP contribution in [0.4, 0.5) is 0 Å². The molecule has 0 atom stereocenters. The number of hydrogen-bond acceptors (Lipinski definition) is 0. The van der Waals surface area contributed by atoms with Gasteiger partial charge in [-0.05, 0) is 35.1 Å². The van der Waals surface area contributed by atoms with Gasteiger partial charge in [0, 0.05) is 5.41 Å². The van der Waals surface area contributed by atoms with Crippen molar-refractivity contribution >= 4 is 6.08 Å². The highest BCUT2D eigenvalue weighted by Crippen LogP contribution is 2.46. The molecule has 0 spiro atoms. The Morgan fingerprint density at radius 1 is 0.842 bits per heavy atom. The molecule has 2 aromatic carbocycles. The van der Waals surface area contributed by atoms with Gasteiger partial charge >= 0.3 is 0 Å². The van der Waals surface area contributed by atoms with Gasteiger partial charge < -0.3 is 0 Å². The molecule has 0 heterocycles. The van der Waals surface area contributed by atoms with Crippen molar-refractivity contribution in [3.05, 3.63) is 65.7 Å². The molecule has 19 heavy (non-hydrogen) atoms. The molecule has 1 aliphatic rings. The van der Waals surface area contributed by atoms with Crippen LogP contribution in [0, 0.1) is 0 Å². The van der Waals surface area contributed by atoms with Crippen LogP contribution in [0.15, 0.2) is 54.6 Å².